The van der Waals surface area contributed by atoms with E-state index in [0.29, 0.717) is 6.07 Å². The normalized spacial score (nSPS) is 11.1. The molecule has 0 aromatic heterocycles. The largest absolute Gasteiger partial charge is 0.465 e. The van der Waals surface area contributed by atoms with Crippen LogP contribution in [0.15, 0.2) is 17.8 Å². The molecule has 124 valence electrons. The zero-order valence-electron chi connectivity index (χ0n) is 12.2. The Balaban J connectivity index is 3.60. The number of nitrogens with zero attached hydrogens (tertiary/aromatic N) is 2. The van der Waals surface area contributed by atoms with Crippen molar-refractivity contribution in [3.63, 3.8) is 0 Å². The lowest BCUT2D eigenvalue weighted by Gasteiger charge is -2.11. The van der Waals surface area contributed by atoms with Crippen LogP contribution in [-0.4, -0.2) is 42.8 Å². The van der Waals surface area contributed by atoms with E-state index in [1.165, 1.54) is 19.0 Å². The highest BCUT2D eigenvalue weighted by Gasteiger charge is 2.31. The number of ether oxygens (including phenoxy) is 1. The van der Waals surface area contributed by atoms with Gasteiger partial charge in [0.05, 0.1) is 17.6 Å². The summed E-state index contributed by atoms with van der Waals surface area (Å²) in [5, 5.41) is 9.46. The van der Waals surface area contributed by atoms with Gasteiger partial charge in [-0.25, -0.2) is 9.18 Å². The number of ketones is 1. The Kier molecular flexibility index (Phi) is 6.05. The molecular weight excluding hydrogens is 354 g/mol. The third-order valence-electron chi connectivity index (χ3n) is 2.60. The SMILES string of the molecule is COC(=O)/C(=C\N(C)C)C(=O)c1cc(F)c(Cl)c([N+](=O)[O-])c1Cl. The van der Waals surface area contributed by atoms with Crippen molar-refractivity contribution in [1.82, 2.24) is 4.90 Å². The zero-order valence-corrected chi connectivity index (χ0v) is 13.7. The number of nitro groups is 1. The molecule has 0 radical (unpaired) electrons. The molecule has 0 saturated carbocycles. The molecule has 10 heteroatoms. The van der Waals surface area contributed by atoms with E-state index in [4.69, 9.17) is 23.2 Å². The second-order valence-electron chi connectivity index (χ2n) is 4.47. The minimum Gasteiger partial charge on any atom is -0.465 e. The van der Waals surface area contributed by atoms with Crippen LogP contribution in [0.25, 0.3) is 0 Å². The lowest BCUT2D eigenvalue weighted by molar-refractivity contribution is -0.384. The van der Waals surface area contributed by atoms with Gasteiger partial charge >= 0.3 is 11.7 Å². The molecule has 0 saturated heterocycles. The van der Waals surface area contributed by atoms with Crippen molar-refractivity contribution in [2.24, 2.45) is 0 Å². The van der Waals surface area contributed by atoms with Crippen molar-refractivity contribution < 1.29 is 23.6 Å². The minimum atomic E-state index is -1.21. The van der Waals surface area contributed by atoms with Crippen molar-refractivity contribution in [2.45, 2.75) is 0 Å². The molecule has 0 heterocycles. The molecule has 1 aromatic rings. The van der Waals surface area contributed by atoms with E-state index >= 15 is 0 Å². The highest BCUT2D eigenvalue weighted by Crippen LogP contribution is 2.38. The molecule has 0 spiro atoms. The summed E-state index contributed by atoms with van der Waals surface area (Å²) in [6, 6.07) is 0.631. The topological polar surface area (TPSA) is 89.8 Å². The first-order valence-corrected chi connectivity index (χ1v) is 6.70. The Morgan fingerprint density at radius 3 is 2.35 bits per heavy atom. The maximum Gasteiger partial charge on any atom is 0.343 e. The average Bonchev–Trinajstić information content (AvgIpc) is 2.46. The predicted octanol–water partition coefficient (Wildman–Crippen LogP) is 2.84. The average molecular weight is 365 g/mol. The summed E-state index contributed by atoms with van der Waals surface area (Å²) in [5.74, 6) is -3.24. The Morgan fingerprint density at radius 2 is 1.91 bits per heavy atom. The van der Waals surface area contributed by atoms with Crippen LogP contribution < -0.4 is 0 Å². The Morgan fingerprint density at radius 1 is 1.35 bits per heavy atom. The van der Waals surface area contributed by atoms with Gasteiger partial charge < -0.3 is 9.64 Å². The number of esters is 1. The summed E-state index contributed by atoms with van der Waals surface area (Å²) in [4.78, 5) is 35.4. The summed E-state index contributed by atoms with van der Waals surface area (Å²) < 4.78 is 18.2. The summed E-state index contributed by atoms with van der Waals surface area (Å²) >= 11 is 11.3. The summed E-state index contributed by atoms with van der Waals surface area (Å²) in [6.07, 6.45) is 1.13. The number of Topliss-reactive ketones (excluding diaryl/α,β-unsaturated/α-hetero) is 1. The predicted molar refractivity (Wildman–Crippen MR) is 81.2 cm³/mol. The lowest BCUT2D eigenvalue weighted by atomic mass is 10.0. The molecular formula is C13H11Cl2FN2O5. The lowest BCUT2D eigenvalue weighted by Crippen LogP contribution is -2.19. The third kappa shape index (κ3) is 3.96. The fraction of sp³-hybridized carbons (Fsp3) is 0.231. The summed E-state index contributed by atoms with van der Waals surface area (Å²) in [6.45, 7) is 0. The number of halogens is 3. The van der Waals surface area contributed by atoms with Crippen LogP contribution >= 0.6 is 23.2 Å². The van der Waals surface area contributed by atoms with Gasteiger partial charge in [-0.05, 0) is 6.07 Å². The highest BCUT2D eigenvalue weighted by atomic mass is 35.5. The Hall–Kier alpha value is -2.19. The second kappa shape index (κ2) is 7.38. The number of hydrogen-bond donors (Lipinski definition) is 0. The van der Waals surface area contributed by atoms with E-state index in [1.54, 1.807) is 0 Å². The van der Waals surface area contributed by atoms with Crippen molar-refractivity contribution in [3.8, 4) is 0 Å². The number of nitro benzene ring substituents is 1. The highest BCUT2D eigenvalue weighted by molar-refractivity contribution is 6.42. The minimum absolute atomic E-state index is 0.476. The molecule has 0 bridgehead atoms. The first kappa shape index (κ1) is 18.9. The zero-order chi connectivity index (χ0) is 17.9. The maximum absolute atomic E-state index is 13.8. The van der Waals surface area contributed by atoms with E-state index in [-0.39, 0.29) is 0 Å². The van der Waals surface area contributed by atoms with Crippen LogP contribution in [0.4, 0.5) is 10.1 Å². The van der Waals surface area contributed by atoms with E-state index in [1.807, 2.05) is 0 Å². The van der Waals surface area contributed by atoms with Gasteiger partial charge in [-0.15, -0.1) is 0 Å². The molecule has 23 heavy (non-hydrogen) atoms. The number of rotatable bonds is 5. The fourth-order valence-corrected chi connectivity index (χ4v) is 2.20. The molecule has 0 aliphatic rings. The molecule has 0 aliphatic heterocycles. The molecule has 0 N–H and O–H groups in total. The second-order valence-corrected chi connectivity index (χ2v) is 5.22. The van der Waals surface area contributed by atoms with Gasteiger partial charge in [-0.3, -0.25) is 14.9 Å². The van der Waals surface area contributed by atoms with Crippen LogP contribution in [0.2, 0.25) is 10.0 Å². The van der Waals surface area contributed by atoms with Gasteiger partial charge in [0.2, 0.25) is 5.78 Å². The summed E-state index contributed by atoms with van der Waals surface area (Å²) in [5.41, 5.74) is -2.00. The monoisotopic (exact) mass is 364 g/mol. The summed E-state index contributed by atoms with van der Waals surface area (Å²) in [7, 11) is 4.11. The van der Waals surface area contributed by atoms with Crippen LogP contribution in [-0.2, 0) is 9.53 Å². The molecule has 0 fully saturated rings. The Labute approximate surface area is 140 Å². The van der Waals surface area contributed by atoms with E-state index < -0.39 is 49.4 Å². The molecule has 0 atom stereocenters. The van der Waals surface area contributed by atoms with Crippen LogP contribution in [0.3, 0.4) is 0 Å². The van der Waals surface area contributed by atoms with Crippen molar-refractivity contribution >= 4 is 40.6 Å². The number of carbonyl (C=O) groups is 2. The van der Waals surface area contributed by atoms with Crippen LogP contribution in [0, 0.1) is 15.9 Å². The molecule has 1 aromatic carbocycles. The van der Waals surface area contributed by atoms with E-state index in [9.17, 15) is 24.1 Å². The standard InChI is InChI=1S/C13H11Cl2FN2O5/c1-17(2)5-7(13(20)23-3)12(19)6-4-8(16)10(15)11(9(6)14)18(21)22/h4-5H,1-3H3/b7-5-. The number of benzene rings is 1. The number of carbonyl (C=O) groups excluding carboxylic acids is 2. The quantitative estimate of drug-likeness (QED) is 0.117. The van der Waals surface area contributed by atoms with E-state index in [0.717, 1.165) is 13.3 Å². The first-order chi connectivity index (χ1) is 10.6. The van der Waals surface area contributed by atoms with Gasteiger partial charge in [-0.1, -0.05) is 23.2 Å². The van der Waals surface area contributed by atoms with Crippen molar-refractivity contribution in [3.05, 3.63) is 49.4 Å². The van der Waals surface area contributed by atoms with Crippen molar-refractivity contribution in [1.29, 1.82) is 0 Å². The molecule has 7 nitrogen and oxygen atoms in total. The van der Waals surface area contributed by atoms with Gasteiger partial charge in [0.25, 0.3) is 0 Å². The molecule has 0 unspecified atom stereocenters. The molecule has 0 amide bonds. The molecule has 0 aliphatic carbocycles. The third-order valence-corrected chi connectivity index (χ3v) is 3.34. The molecule has 1 rings (SSSR count). The Bertz CT molecular complexity index is 719. The van der Waals surface area contributed by atoms with Gasteiger partial charge in [0.1, 0.15) is 16.4 Å². The smallest absolute Gasteiger partial charge is 0.343 e. The fourth-order valence-electron chi connectivity index (χ4n) is 1.63. The number of methoxy groups -OCH3 is 1. The van der Waals surface area contributed by atoms with Gasteiger partial charge in [0, 0.05) is 20.3 Å². The maximum atomic E-state index is 13.8. The van der Waals surface area contributed by atoms with E-state index in [2.05, 4.69) is 4.74 Å². The van der Waals surface area contributed by atoms with Crippen LogP contribution in [0.5, 0.6) is 0 Å². The van der Waals surface area contributed by atoms with Crippen molar-refractivity contribution in [2.75, 3.05) is 21.2 Å². The van der Waals surface area contributed by atoms with Crippen LogP contribution in [0.1, 0.15) is 10.4 Å². The van der Waals surface area contributed by atoms with Gasteiger partial charge in [0.15, 0.2) is 5.02 Å². The number of hydrogen-bond acceptors (Lipinski definition) is 6. The first-order valence-electron chi connectivity index (χ1n) is 5.94. The van der Waals surface area contributed by atoms with Gasteiger partial charge in [-0.2, -0.15) is 0 Å².